The second-order valence-corrected chi connectivity index (χ2v) is 7.60. The molecule has 166 valence electrons. The SMILES string of the molecule is FC(F)n1ncnc1-c1cnn(C(Cc2ccc(C(F)(F)F)nc2)c2ccc(Br)cn2)c1. The van der Waals surface area contributed by atoms with Gasteiger partial charge in [0.25, 0.3) is 0 Å². The molecule has 0 saturated heterocycles. The van der Waals surface area contributed by atoms with Crippen LogP contribution in [0.1, 0.15) is 29.5 Å². The van der Waals surface area contributed by atoms with E-state index in [1.807, 2.05) is 0 Å². The maximum Gasteiger partial charge on any atom is 0.433 e. The Hall–Kier alpha value is -3.22. The second-order valence-electron chi connectivity index (χ2n) is 6.69. The van der Waals surface area contributed by atoms with Crippen molar-refractivity contribution in [2.24, 2.45) is 0 Å². The molecular formula is C19H13BrF5N7. The van der Waals surface area contributed by atoms with E-state index in [0.717, 1.165) is 23.1 Å². The maximum atomic E-state index is 13.2. The van der Waals surface area contributed by atoms with E-state index in [1.165, 1.54) is 23.1 Å². The molecule has 0 aliphatic heterocycles. The molecule has 0 N–H and O–H groups in total. The van der Waals surface area contributed by atoms with E-state index in [1.54, 1.807) is 18.3 Å². The number of hydrogen-bond acceptors (Lipinski definition) is 5. The lowest BCUT2D eigenvalue weighted by molar-refractivity contribution is -0.141. The third-order valence-electron chi connectivity index (χ3n) is 4.57. The van der Waals surface area contributed by atoms with Crippen molar-refractivity contribution in [1.29, 1.82) is 0 Å². The lowest BCUT2D eigenvalue weighted by Crippen LogP contribution is -2.16. The summed E-state index contributed by atoms with van der Waals surface area (Å²) in [4.78, 5) is 11.7. The summed E-state index contributed by atoms with van der Waals surface area (Å²) in [6.45, 7) is -2.88. The standard InChI is InChI=1S/C19H13BrF5N7/c20-13-2-3-14(26-8-13)15(5-11-1-4-16(27-6-11)19(23,24)25)31-9-12(7-29-31)17-28-10-30-32(17)18(21)22/h1-4,6-10,15,18H,5H2. The lowest BCUT2D eigenvalue weighted by Gasteiger charge is -2.18. The average Bonchev–Trinajstić information content (AvgIpc) is 3.42. The zero-order valence-corrected chi connectivity index (χ0v) is 17.5. The van der Waals surface area contributed by atoms with Crippen molar-refractivity contribution in [3.63, 3.8) is 0 Å². The molecule has 7 nitrogen and oxygen atoms in total. The fourth-order valence-electron chi connectivity index (χ4n) is 3.08. The molecule has 0 bridgehead atoms. The van der Waals surface area contributed by atoms with Crippen molar-refractivity contribution in [2.75, 3.05) is 0 Å². The van der Waals surface area contributed by atoms with Crippen molar-refractivity contribution in [2.45, 2.75) is 25.2 Å². The van der Waals surface area contributed by atoms with Gasteiger partial charge in [-0.3, -0.25) is 14.6 Å². The molecule has 0 spiro atoms. The number of alkyl halides is 5. The Morgan fingerprint density at radius 3 is 2.38 bits per heavy atom. The van der Waals surface area contributed by atoms with Gasteiger partial charge in [0.1, 0.15) is 12.0 Å². The first-order valence-electron chi connectivity index (χ1n) is 9.08. The van der Waals surface area contributed by atoms with Crippen LogP contribution in [0.3, 0.4) is 0 Å². The molecule has 0 saturated carbocycles. The Morgan fingerprint density at radius 2 is 1.75 bits per heavy atom. The minimum Gasteiger partial charge on any atom is -0.263 e. The molecule has 0 aliphatic carbocycles. The van der Waals surface area contributed by atoms with E-state index in [0.29, 0.717) is 21.5 Å². The predicted molar refractivity (Wildman–Crippen MR) is 106 cm³/mol. The van der Waals surface area contributed by atoms with Crippen LogP contribution in [0.5, 0.6) is 0 Å². The summed E-state index contributed by atoms with van der Waals surface area (Å²) in [5.74, 6) is -0.0648. The van der Waals surface area contributed by atoms with Crippen LogP contribution in [0.25, 0.3) is 11.4 Å². The Bertz CT molecular complexity index is 1190. The van der Waals surface area contributed by atoms with Gasteiger partial charge in [0.15, 0.2) is 5.82 Å². The molecule has 0 fully saturated rings. The van der Waals surface area contributed by atoms with Crippen LogP contribution in [0.15, 0.2) is 59.9 Å². The molecule has 4 aromatic rings. The van der Waals surface area contributed by atoms with Crippen LogP contribution in [0.2, 0.25) is 0 Å². The van der Waals surface area contributed by atoms with E-state index in [9.17, 15) is 22.0 Å². The van der Waals surface area contributed by atoms with Gasteiger partial charge >= 0.3 is 12.7 Å². The summed E-state index contributed by atoms with van der Waals surface area (Å²) in [6.07, 6.45) is 2.28. The highest BCUT2D eigenvalue weighted by Crippen LogP contribution is 2.29. The molecule has 4 heterocycles. The zero-order valence-electron chi connectivity index (χ0n) is 16.0. The topological polar surface area (TPSA) is 74.3 Å². The largest absolute Gasteiger partial charge is 0.433 e. The highest BCUT2D eigenvalue weighted by Gasteiger charge is 2.32. The first-order chi connectivity index (χ1) is 15.2. The minimum absolute atomic E-state index is 0.0648. The highest BCUT2D eigenvalue weighted by molar-refractivity contribution is 9.10. The fraction of sp³-hybridized carbons (Fsp3) is 0.211. The molecule has 32 heavy (non-hydrogen) atoms. The molecule has 1 atom stereocenters. The molecule has 1 unspecified atom stereocenters. The summed E-state index contributed by atoms with van der Waals surface area (Å²) in [5, 5.41) is 7.77. The van der Waals surface area contributed by atoms with Gasteiger partial charge in [0, 0.05) is 29.5 Å². The van der Waals surface area contributed by atoms with E-state index in [2.05, 4.69) is 41.1 Å². The van der Waals surface area contributed by atoms with Crippen molar-refractivity contribution in [3.05, 3.63) is 76.8 Å². The van der Waals surface area contributed by atoms with Crippen molar-refractivity contribution >= 4 is 15.9 Å². The maximum absolute atomic E-state index is 13.2. The smallest absolute Gasteiger partial charge is 0.263 e. The van der Waals surface area contributed by atoms with E-state index < -0.39 is 24.5 Å². The summed E-state index contributed by atoms with van der Waals surface area (Å²) >= 11 is 3.31. The number of pyridine rings is 2. The Balaban J connectivity index is 1.69. The Labute approximate surface area is 186 Å². The summed E-state index contributed by atoms with van der Waals surface area (Å²) in [6, 6.07) is 5.19. The summed E-state index contributed by atoms with van der Waals surface area (Å²) < 4.78 is 67.5. The molecule has 13 heteroatoms. The quantitative estimate of drug-likeness (QED) is 0.341. The predicted octanol–water partition coefficient (Wildman–Crippen LogP) is 4.94. The van der Waals surface area contributed by atoms with E-state index in [4.69, 9.17) is 0 Å². The van der Waals surface area contributed by atoms with E-state index in [-0.39, 0.29) is 12.2 Å². The van der Waals surface area contributed by atoms with Gasteiger partial charge in [-0.1, -0.05) is 6.07 Å². The lowest BCUT2D eigenvalue weighted by atomic mass is 10.0. The van der Waals surface area contributed by atoms with Crippen LogP contribution in [0, 0.1) is 0 Å². The third kappa shape index (κ3) is 4.66. The van der Waals surface area contributed by atoms with Gasteiger partial charge in [0.05, 0.1) is 23.5 Å². The molecule has 0 radical (unpaired) electrons. The molecule has 4 rings (SSSR count). The zero-order chi connectivity index (χ0) is 22.9. The fourth-order valence-corrected chi connectivity index (χ4v) is 3.31. The number of rotatable bonds is 6. The van der Waals surface area contributed by atoms with Crippen LogP contribution >= 0.6 is 15.9 Å². The second kappa shape index (κ2) is 8.73. The number of aromatic nitrogens is 7. The first-order valence-corrected chi connectivity index (χ1v) is 9.87. The van der Waals surface area contributed by atoms with Gasteiger partial charge in [-0.15, -0.1) is 0 Å². The molecule has 4 aromatic heterocycles. The average molecular weight is 514 g/mol. The van der Waals surface area contributed by atoms with Crippen molar-refractivity contribution in [3.8, 4) is 11.4 Å². The van der Waals surface area contributed by atoms with Gasteiger partial charge in [-0.25, -0.2) is 4.98 Å². The van der Waals surface area contributed by atoms with Crippen molar-refractivity contribution < 1.29 is 22.0 Å². The van der Waals surface area contributed by atoms with Gasteiger partial charge in [-0.05, 0) is 39.7 Å². The van der Waals surface area contributed by atoms with Gasteiger partial charge in [-0.2, -0.15) is 36.8 Å². The number of nitrogens with zero attached hydrogens (tertiary/aromatic N) is 7. The van der Waals surface area contributed by atoms with Crippen molar-refractivity contribution in [1.82, 2.24) is 34.5 Å². The normalized spacial score (nSPS) is 13.0. The minimum atomic E-state index is -4.54. The van der Waals surface area contributed by atoms with Gasteiger partial charge in [0.2, 0.25) is 0 Å². The number of halogens is 6. The van der Waals surface area contributed by atoms with Crippen LogP contribution in [-0.2, 0) is 12.6 Å². The monoisotopic (exact) mass is 513 g/mol. The highest BCUT2D eigenvalue weighted by atomic mass is 79.9. The van der Waals surface area contributed by atoms with Crippen LogP contribution in [0.4, 0.5) is 22.0 Å². The molecular weight excluding hydrogens is 501 g/mol. The van der Waals surface area contributed by atoms with Crippen LogP contribution in [-0.4, -0.2) is 34.5 Å². The first kappa shape index (κ1) is 22.0. The van der Waals surface area contributed by atoms with Crippen LogP contribution < -0.4 is 0 Å². The number of hydrogen-bond donors (Lipinski definition) is 0. The molecule has 0 amide bonds. The van der Waals surface area contributed by atoms with E-state index >= 15 is 0 Å². The summed E-state index contributed by atoms with van der Waals surface area (Å²) in [7, 11) is 0. The third-order valence-corrected chi connectivity index (χ3v) is 5.04. The molecule has 0 aliphatic rings. The Kier molecular flexibility index (Phi) is 6.00. The summed E-state index contributed by atoms with van der Waals surface area (Å²) in [5.41, 5.74) is 0.390. The Morgan fingerprint density at radius 1 is 0.938 bits per heavy atom. The molecule has 0 aromatic carbocycles. The van der Waals surface area contributed by atoms with Gasteiger partial charge < -0.3 is 0 Å².